The van der Waals surface area contributed by atoms with E-state index in [0.717, 1.165) is 17.4 Å². The average molecular weight is 462 g/mol. The van der Waals surface area contributed by atoms with Crippen LogP contribution in [0.3, 0.4) is 0 Å². The van der Waals surface area contributed by atoms with Gasteiger partial charge in [-0.15, -0.1) is 11.3 Å². The second-order valence-electron chi connectivity index (χ2n) is 6.09. The molecule has 0 spiro atoms. The average Bonchev–Trinajstić information content (AvgIpc) is 3.30. The maximum atomic E-state index is 13.6. The number of hydrogen-bond donors (Lipinski definition) is 0. The zero-order chi connectivity index (χ0) is 22.6. The number of ketones is 2. The molecule has 0 N–H and O–H groups in total. The van der Waals surface area contributed by atoms with Crippen LogP contribution in [-0.2, 0) is 6.18 Å². The molecule has 0 aliphatic heterocycles. The van der Waals surface area contributed by atoms with Gasteiger partial charge in [0.25, 0.3) is 0 Å². The van der Waals surface area contributed by atoms with E-state index in [4.69, 9.17) is 4.74 Å². The molecule has 0 radical (unpaired) electrons. The first kappa shape index (κ1) is 22.5. The number of alkyl halides is 3. The van der Waals surface area contributed by atoms with Crippen molar-refractivity contribution >= 4 is 34.7 Å². The molecule has 0 saturated heterocycles. The number of carbonyl (C=O) groups is 2. The smallest absolute Gasteiger partial charge is 0.434 e. The number of ether oxygens (including phenoxy) is 1. The zero-order valence-electron chi connectivity index (χ0n) is 15.9. The van der Waals surface area contributed by atoms with Crippen LogP contribution in [0, 0.1) is 11.3 Å². The summed E-state index contributed by atoms with van der Waals surface area (Å²) < 4.78 is 45.9. The third kappa shape index (κ3) is 5.13. The third-order valence-corrected chi connectivity index (χ3v) is 5.98. The van der Waals surface area contributed by atoms with E-state index in [1.165, 1.54) is 25.3 Å². The zero-order valence-corrected chi connectivity index (χ0v) is 17.5. The van der Waals surface area contributed by atoms with Crippen molar-refractivity contribution in [2.24, 2.45) is 0 Å². The van der Waals surface area contributed by atoms with Crippen molar-refractivity contribution in [3.63, 3.8) is 0 Å². The van der Waals surface area contributed by atoms with Crippen LogP contribution >= 0.6 is 23.1 Å². The van der Waals surface area contributed by atoms with Crippen molar-refractivity contribution in [2.75, 3.05) is 12.9 Å². The Balaban J connectivity index is 1.92. The summed E-state index contributed by atoms with van der Waals surface area (Å²) in [4.78, 5) is 28.6. The Kier molecular flexibility index (Phi) is 6.77. The quantitative estimate of drug-likeness (QED) is 0.353. The van der Waals surface area contributed by atoms with Crippen molar-refractivity contribution in [1.29, 1.82) is 5.26 Å². The van der Waals surface area contributed by atoms with Gasteiger partial charge in [0, 0.05) is 5.56 Å². The number of halogens is 3. The summed E-state index contributed by atoms with van der Waals surface area (Å²) in [5, 5.41) is 10.7. The van der Waals surface area contributed by atoms with Gasteiger partial charge in [-0.1, -0.05) is 17.8 Å². The first-order valence-corrected chi connectivity index (χ1v) is 10.5. The monoisotopic (exact) mass is 462 g/mol. The highest BCUT2D eigenvalue weighted by atomic mass is 32.2. The Hall–Kier alpha value is -3.16. The van der Waals surface area contributed by atoms with Gasteiger partial charge in [0.05, 0.1) is 28.9 Å². The summed E-state index contributed by atoms with van der Waals surface area (Å²) in [7, 11) is 1.48. The van der Waals surface area contributed by atoms with E-state index >= 15 is 0 Å². The molecule has 3 rings (SSSR count). The number of thioether (sulfide) groups is 1. The van der Waals surface area contributed by atoms with Gasteiger partial charge in [-0.05, 0) is 41.8 Å². The summed E-state index contributed by atoms with van der Waals surface area (Å²) in [5.41, 5.74) is -1.95. The molecule has 0 aliphatic rings. The molecule has 0 bridgehead atoms. The number of carbonyl (C=O) groups excluding carboxylic acids is 2. The second kappa shape index (κ2) is 9.32. The molecule has 0 atom stereocenters. The summed E-state index contributed by atoms with van der Waals surface area (Å²) >= 11 is 1.70. The fourth-order valence-electron chi connectivity index (χ4n) is 2.61. The highest BCUT2D eigenvalue weighted by Crippen LogP contribution is 2.35. The highest BCUT2D eigenvalue weighted by molar-refractivity contribution is 8.00. The van der Waals surface area contributed by atoms with Gasteiger partial charge in [-0.3, -0.25) is 9.59 Å². The van der Waals surface area contributed by atoms with Crippen LogP contribution in [0.4, 0.5) is 13.2 Å². The topological polar surface area (TPSA) is 80.0 Å². The lowest BCUT2D eigenvalue weighted by molar-refractivity contribution is -0.141. The van der Waals surface area contributed by atoms with Crippen LogP contribution in [0.25, 0.3) is 0 Å². The fourth-order valence-corrected chi connectivity index (χ4v) is 4.14. The first-order chi connectivity index (χ1) is 14.7. The van der Waals surface area contributed by atoms with Crippen LogP contribution in [0.2, 0.25) is 0 Å². The SMILES string of the molecule is COc1ccc(C(=O)CSc2nc(C(F)(F)F)c(C(=O)c3cccs3)cc2C#N)cc1. The lowest BCUT2D eigenvalue weighted by Crippen LogP contribution is -2.17. The molecule has 2 heterocycles. The fraction of sp³-hybridized carbons (Fsp3) is 0.143. The van der Waals surface area contributed by atoms with E-state index in [2.05, 4.69) is 4.98 Å². The largest absolute Gasteiger partial charge is 0.497 e. The number of benzene rings is 1. The maximum Gasteiger partial charge on any atom is 0.434 e. The van der Waals surface area contributed by atoms with Crippen LogP contribution in [0.1, 0.15) is 36.9 Å². The summed E-state index contributed by atoms with van der Waals surface area (Å²) in [6.45, 7) is 0. The second-order valence-corrected chi connectivity index (χ2v) is 8.01. The number of nitriles is 1. The van der Waals surface area contributed by atoms with Crippen molar-refractivity contribution in [3.8, 4) is 11.8 Å². The number of hydrogen-bond acceptors (Lipinski definition) is 7. The van der Waals surface area contributed by atoms with Crippen LogP contribution in [-0.4, -0.2) is 29.4 Å². The molecule has 0 amide bonds. The minimum Gasteiger partial charge on any atom is -0.497 e. The number of rotatable bonds is 7. The summed E-state index contributed by atoms with van der Waals surface area (Å²) in [6, 6.07) is 11.8. The number of Topliss-reactive ketones (excluding diaryl/α,β-unsaturated/α-hetero) is 1. The van der Waals surface area contributed by atoms with Crippen molar-refractivity contribution in [3.05, 3.63) is 75.1 Å². The van der Waals surface area contributed by atoms with Crippen LogP contribution in [0.5, 0.6) is 5.75 Å². The van der Waals surface area contributed by atoms with E-state index in [9.17, 15) is 28.0 Å². The summed E-state index contributed by atoms with van der Waals surface area (Å²) in [6.07, 6.45) is -4.91. The number of thiophene rings is 1. The van der Waals surface area contributed by atoms with E-state index < -0.39 is 23.2 Å². The molecular weight excluding hydrogens is 449 g/mol. The molecule has 31 heavy (non-hydrogen) atoms. The normalized spacial score (nSPS) is 11.1. The van der Waals surface area contributed by atoms with Gasteiger partial charge >= 0.3 is 6.18 Å². The number of nitrogens with zero attached hydrogens (tertiary/aromatic N) is 2. The molecule has 0 unspecified atom stereocenters. The van der Waals surface area contributed by atoms with Gasteiger partial charge in [0.2, 0.25) is 5.78 Å². The minimum atomic E-state index is -4.91. The van der Waals surface area contributed by atoms with Crippen molar-refractivity contribution < 1.29 is 27.5 Å². The van der Waals surface area contributed by atoms with E-state index in [1.54, 1.807) is 29.6 Å². The predicted molar refractivity (Wildman–Crippen MR) is 110 cm³/mol. The summed E-state index contributed by atoms with van der Waals surface area (Å²) in [5.74, 6) is -0.898. The molecule has 0 saturated carbocycles. The molecule has 158 valence electrons. The van der Waals surface area contributed by atoms with E-state index in [-0.39, 0.29) is 27.0 Å². The molecule has 3 aromatic rings. The first-order valence-electron chi connectivity index (χ1n) is 8.65. The lowest BCUT2D eigenvalue weighted by atomic mass is 10.1. The van der Waals surface area contributed by atoms with Gasteiger partial charge in [-0.25, -0.2) is 4.98 Å². The highest BCUT2D eigenvalue weighted by Gasteiger charge is 2.38. The molecule has 0 fully saturated rings. The Bertz CT molecular complexity index is 1150. The Morgan fingerprint density at radius 3 is 2.48 bits per heavy atom. The Morgan fingerprint density at radius 2 is 1.94 bits per heavy atom. The maximum absolute atomic E-state index is 13.6. The predicted octanol–water partition coefficient (Wildman–Crippen LogP) is 5.25. The van der Waals surface area contributed by atoms with Gasteiger partial charge in [0.15, 0.2) is 11.5 Å². The third-order valence-electron chi connectivity index (χ3n) is 4.12. The lowest BCUT2D eigenvalue weighted by Gasteiger charge is -2.13. The van der Waals surface area contributed by atoms with Crippen molar-refractivity contribution in [2.45, 2.75) is 11.2 Å². The number of aromatic nitrogens is 1. The van der Waals surface area contributed by atoms with Gasteiger partial charge in [0.1, 0.15) is 16.8 Å². The molecule has 0 aliphatic carbocycles. The van der Waals surface area contributed by atoms with E-state index in [1.807, 2.05) is 0 Å². The van der Waals surface area contributed by atoms with Crippen LogP contribution < -0.4 is 4.74 Å². The number of methoxy groups -OCH3 is 1. The molecule has 10 heteroatoms. The standard InChI is InChI=1S/C21H13F3N2O3S2/c1-29-14-6-4-12(5-7-14)16(27)11-31-20-13(10-25)9-15(19(26-20)21(22,23)24)18(28)17-3-2-8-30-17/h2-9H,11H2,1H3. The Labute approximate surface area is 183 Å². The molecule has 1 aromatic carbocycles. The number of pyridine rings is 1. The Morgan fingerprint density at radius 1 is 1.23 bits per heavy atom. The van der Waals surface area contributed by atoms with Crippen molar-refractivity contribution in [1.82, 2.24) is 4.98 Å². The molecule has 2 aromatic heterocycles. The van der Waals surface area contributed by atoms with E-state index in [0.29, 0.717) is 23.1 Å². The molecular formula is C21H13F3N2O3S2. The minimum absolute atomic E-state index is 0.103. The van der Waals surface area contributed by atoms with Gasteiger partial charge in [-0.2, -0.15) is 18.4 Å². The van der Waals surface area contributed by atoms with Crippen LogP contribution in [0.15, 0.2) is 52.9 Å². The van der Waals surface area contributed by atoms with Gasteiger partial charge < -0.3 is 4.74 Å². The molecule has 5 nitrogen and oxygen atoms in total.